The molecule has 0 aliphatic rings. The van der Waals surface area contributed by atoms with Gasteiger partial charge in [-0.3, -0.25) is 0 Å². The average molecular weight is 659 g/mol. The molecule has 0 saturated carbocycles. The number of aromatic hydroxyl groups is 2. The van der Waals surface area contributed by atoms with Crippen molar-refractivity contribution in [3.8, 4) is 22.9 Å². The number of hydrogen-bond acceptors (Lipinski definition) is 6. The summed E-state index contributed by atoms with van der Waals surface area (Å²) >= 11 is 0. The van der Waals surface area contributed by atoms with Gasteiger partial charge in [0.25, 0.3) is 0 Å². The van der Waals surface area contributed by atoms with Crippen LogP contribution in [0.4, 0.5) is 0 Å². The van der Waals surface area contributed by atoms with Crippen molar-refractivity contribution in [2.75, 3.05) is 0 Å². The van der Waals surface area contributed by atoms with Gasteiger partial charge in [0, 0.05) is 18.6 Å². The highest BCUT2D eigenvalue weighted by molar-refractivity contribution is 5.74. The molecule has 6 aromatic rings. The molecule has 0 aliphatic heterocycles. The van der Waals surface area contributed by atoms with Gasteiger partial charge in [-0.1, -0.05) is 93.5 Å². The molecule has 2 N–H and O–H groups in total. The van der Waals surface area contributed by atoms with Crippen molar-refractivity contribution in [2.45, 2.75) is 99.3 Å². The fraction of sp³-hybridized carbons (Fsp3) is 0.415. The van der Waals surface area contributed by atoms with Crippen molar-refractivity contribution in [1.29, 1.82) is 0 Å². The molecule has 0 radical (unpaired) electrons. The quantitative estimate of drug-likeness (QED) is 0.169. The van der Waals surface area contributed by atoms with E-state index in [9.17, 15) is 10.2 Å². The Labute approximate surface area is 289 Å². The molecule has 49 heavy (non-hydrogen) atoms. The molecule has 6 rings (SSSR count). The number of fused-ring (bicyclic) bond motifs is 2. The van der Waals surface area contributed by atoms with Crippen LogP contribution in [-0.4, -0.2) is 40.2 Å². The van der Waals surface area contributed by atoms with E-state index >= 15 is 0 Å². The molecule has 256 valence electrons. The summed E-state index contributed by atoms with van der Waals surface area (Å²) in [6, 6.07) is 23.3. The number of hydrogen-bond donors (Lipinski definition) is 2. The zero-order valence-corrected chi connectivity index (χ0v) is 30.6. The maximum Gasteiger partial charge on any atom is 0.121 e. The zero-order valence-electron chi connectivity index (χ0n) is 30.6. The van der Waals surface area contributed by atoms with Gasteiger partial charge in [0.1, 0.15) is 33.6 Å². The van der Waals surface area contributed by atoms with Crippen molar-refractivity contribution in [3.05, 3.63) is 95.1 Å². The van der Waals surface area contributed by atoms with Gasteiger partial charge in [0.05, 0.1) is 11.4 Å². The first-order chi connectivity index (χ1) is 22.8. The monoisotopic (exact) mass is 658 g/mol. The molecule has 0 fully saturated rings. The van der Waals surface area contributed by atoms with Gasteiger partial charge < -0.3 is 10.2 Å². The van der Waals surface area contributed by atoms with Gasteiger partial charge in [-0.25, -0.2) is 0 Å². The third-order valence-corrected chi connectivity index (χ3v) is 9.18. The van der Waals surface area contributed by atoms with Crippen LogP contribution >= 0.6 is 0 Å². The van der Waals surface area contributed by atoms with E-state index < -0.39 is 0 Å². The van der Waals surface area contributed by atoms with Gasteiger partial charge >= 0.3 is 0 Å². The van der Waals surface area contributed by atoms with Crippen molar-refractivity contribution >= 4 is 22.1 Å². The summed E-state index contributed by atoms with van der Waals surface area (Å²) in [6.07, 6.45) is 2.13. The van der Waals surface area contributed by atoms with Crippen LogP contribution in [-0.2, 0) is 17.3 Å². The third kappa shape index (κ3) is 7.19. The van der Waals surface area contributed by atoms with E-state index in [2.05, 4.69) is 81.4 Å². The largest absolute Gasteiger partial charge is 0.508 e. The second kappa shape index (κ2) is 12.0. The van der Waals surface area contributed by atoms with Crippen molar-refractivity contribution in [3.63, 3.8) is 0 Å². The molecular weight excluding hydrogens is 608 g/mol. The normalized spacial score (nSPS) is 13.1. The van der Waals surface area contributed by atoms with Crippen molar-refractivity contribution < 1.29 is 10.2 Å². The van der Waals surface area contributed by atoms with Crippen LogP contribution in [0, 0.1) is 10.8 Å². The van der Waals surface area contributed by atoms with E-state index in [1.807, 2.05) is 48.5 Å². The van der Waals surface area contributed by atoms with Crippen LogP contribution in [0.1, 0.15) is 104 Å². The van der Waals surface area contributed by atoms with Crippen LogP contribution in [0.25, 0.3) is 33.4 Å². The summed E-state index contributed by atoms with van der Waals surface area (Å²) < 4.78 is 0. The Morgan fingerprint density at radius 3 is 1.08 bits per heavy atom. The number of phenolic OH excluding ortho intramolecular Hbond substituents is 2. The summed E-state index contributed by atoms with van der Waals surface area (Å²) in [5, 5.41) is 42.4. The summed E-state index contributed by atoms with van der Waals surface area (Å²) in [5.74, 6) is 0.260. The van der Waals surface area contributed by atoms with E-state index in [0.29, 0.717) is 6.42 Å². The van der Waals surface area contributed by atoms with E-state index in [0.717, 1.165) is 68.5 Å². The molecule has 0 atom stereocenters. The van der Waals surface area contributed by atoms with E-state index in [4.69, 9.17) is 20.4 Å². The predicted molar refractivity (Wildman–Crippen MR) is 198 cm³/mol. The highest BCUT2D eigenvalue weighted by Crippen LogP contribution is 2.44. The Bertz CT molecular complexity index is 1940. The minimum absolute atomic E-state index is 0.0497. The molecule has 0 amide bonds. The number of benzene rings is 4. The Hall–Kier alpha value is -4.72. The molecule has 2 heterocycles. The van der Waals surface area contributed by atoms with Gasteiger partial charge in [-0.15, -0.1) is 30.0 Å². The lowest BCUT2D eigenvalue weighted by molar-refractivity contribution is 0.283. The molecule has 4 aromatic carbocycles. The Morgan fingerprint density at radius 2 is 0.796 bits per heavy atom. The number of rotatable bonds is 8. The lowest BCUT2D eigenvalue weighted by Gasteiger charge is -2.35. The van der Waals surface area contributed by atoms with Gasteiger partial charge in [0.2, 0.25) is 0 Å². The number of nitrogens with zero attached hydrogens (tertiary/aromatic N) is 6. The molecule has 8 nitrogen and oxygen atoms in total. The van der Waals surface area contributed by atoms with Crippen LogP contribution in [0.15, 0.2) is 72.8 Å². The minimum Gasteiger partial charge on any atom is -0.508 e. The summed E-state index contributed by atoms with van der Waals surface area (Å²) in [7, 11) is 0. The molecule has 0 aliphatic carbocycles. The fourth-order valence-electron chi connectivity index (χ4n) is 7.92. The lowest BCUT2D eigenvalue weighted by atomic mass is 9.71. The molecule has 2 aromatic heterocycles. The minimum atomic E-state index is -0.282. The fourth-order valence-corrected chi connectivity index (χ4v) is 7.92. The van der Waals surface area contributed by atoms with Crippen molar-refractivity contribution in [2.24, 2.45) is 10.8 Å². The van der Waals surface area contributed by atoms with Crippen LogP contribution in [0.3, 0.4) is 0 Å². The van der Waals surface area contributed by atoms with Gasteiger partial charge in [-0.2, -0.15) is 0 Å². The zero-order chi connectivity index (χ0) is 35.5. The number of phenols is 2. The predicted octanol–water partition coefficient (Wildman–Crippen LogP) is 9.58. The van der Waals surface area contributed by atoms with Crippen molar-refractivity contribution in [1.82, 2.24) is 30.0 Å². The lowest BCUT2D eigenvalue weighted by Crippen LogP contribution is -2.27. The van der Waals surface area contributed by atoms with E-state index in [-0.39, 0.29) is 33.2 Å². The van der Waals surface area contributed by atoms with E-state index in [1.54, 1.807) is 21.7 Å². The Kier molecular flexibility index (Phi) is 8.37. The summed E-state index contributed by atoms with van der Waals surface area (Å²) in [6.45, 7) is 22.4. The molecule has 0 unspecified atom stereocenters. The number of aromatic nitrogens is 6. The van der Waals surface area contributed by atoms with Crippen LogP contribution < -0.4 is 0 Å². The standard InChI is InChI=1S/C41H50N6O2/c1-38(2,3)24-40(7,8)28-20-26(36(48)22-34(28)46-42-30-15-11-12-16-31(30)43-46)19-27-21-29(41(9,10)25-39(4,5)6)35(23-37(27)49)47-44-32-17-13-14-18-33(32)45-47/h11-18,20-23,48-49H,19,24-25H2,1-10H3. The first kappa shape index (κ1) is 34.2. The second-order valence-corrected chi connectivity index (χ2v) is 17.4. The molecule has 0 saturated heterocycles. The smallest absolute Gasteiger partial charge is 0.121 e. The first-order valence-electron chi connectivity index (χ1n) is 17.2. The summed E-state index contributed by atoms with van der Waals surface area (Å²) in [4.78, 5) is 3.29. The highest BCUT2D eigenvalue weighted by Gasteiger charge is 2.34. The maximum absolute atomic E-state index is 11.6. The highest BCUT2D eigenvalue weighted by atomic mass is 16.3. The Morgan fingerprint density at radius 1 is 0.490 bits per heavy atom. The summed E-state index contributed by atoms with van der Waals surface area (Å²) in [5.41, 5.74) is 7.71. The van der Waals surface area contributed by atoms with Crippen LogP contribution in [0.2, 0.25) is 0 Å². The van der Waals surface area contributed by atoms with E-state index in [1.165, 1.54) is 0 Å². The maximum atomic E-state index is 11.6. The molecule has 0 spiro atoms. The molecular formula is C41H50N6O2. The van der Waals surface area contributed by atoms with Crippen LogP contribution in [0.5, 0.6) is 11.5 Å². The molecule has 8 heteroatoms. The first-order valence-corrected chi connectivity index (χ1v) is 17.2. The Balaban J connectivity index is 1.50. The SMILES string of the molecule is CC(C)(C)CC(C)(C)c1cc(Cc2cc(C(C)(C)CC(C)(C)C)c(-n3nc4ccccc4n3)cc2O)c(O)cc1-n1nc2ccccc2n1. The average Bonchev–Trinajstić information content (AvgIpc) is 3.61. The topological polar surface area (TPSA) is 102 Å². The second-order valence-electron chi connectivity index (χ2n) is 17.4. The molecule has 0 bridgehead atoms. The van der Waals surface area contributed by atoms with Gasteiger partial charge in [-0.05, 0) is 93.2 Å². The van der Waals surface area contributed by atoms with Gasteiger partial charge in [0.15, 0.2) is 0 Å². The third-order valence-electron chi connectivity index (χ3n) is 9.18.